The van der Waals surface area contributed by atoms with E-state index in [0.29, 0.717) is 16.5 Å². The summed E-state index contributed by atoms with van der Waals surface area (Å²) in [5.74, 6) is 0.0918. The van der Waals surface area contributed by atoms with Gasteiger partial charge in [0, 0.05) is 16.8 Å². The number of hydrogen-bond donors (Lipinski definition) is 3. The van der Waals surface area contributed by atoms with E-state index in [4.69, 9.17) is 11.6 Å². The summed E-state index contributed by atoms with van der Waals surface area (Å²) in [5.41, 5.74) is 0.640. The smallest absolute Gasteiger partial charge is 0.404 e. The van der Waals surface area contributed by atoms with Crippen molar-refractivity contribution in [3.8, 4) is 5.75 Å². The summed E-state index contributed by atoms with van der Waals surface area (Å²) in [4.78, 5) is 8.34. The van der Waals surface area contributed by atoms with Crippen molar-refractivity contribution < 1.29 is 22.1 Å². The Hall–Kier alpha value is -2.89. The Morgan fingerprint density at radius 3 is 2.30 bits per heavy atom. The average Bonchev–Trinajstić information content (AvgIpc) is 2.70. The molecule has 158 valence electrons. The molecule has 3 N–H and O–H groups in total. The molecule has 0 aliphatic rings. The van der Waals surface area contributed by atoms with Crippen molar-refractivity contribution in [1.29, 1.82) is 0 Å². The van der Waals surface area contributed by atoms with Crippen molar-refractivity contribution in [2.45, 2.75) is 11.3 Å². The van der Waals surface area contributed by atoms with E-state index in [1.807, 2.05) is 0 Å². The molecular weight excluding hydrogens is 443 g/mol. The van der Waals surface area contributed by atoms with Gasteiger partial charge in [0.05, 0.1) is 10.6 Å². The van der Waals surface area contributed by atoms with Gasteiger partial charge in [-0.15, -0.1) is 13.2 Å². The zero-order valence-corrected chi connectivity index (χ0v) is 16.9. The number of anilines is 4. The Kier molecular flexibility index (Phi) is 6.75. The van der Waals surface area contributed by atoms with E-state index in [1.165, 1.54) is 31.6 Å². The van der Waals surface area contributed by atoms with Gasteiger partial charge in [0.15, 0.2) is 5.75 Å². The summed E-state index contributed by atoms with van der Waals surface area (Å²) in [7, 11) is -0.145. The van der Waals surface area contributed by atoms with Gasteiger partial charge in [0.2, 0.25) is 0 Å². The average molecular weight is 458 g/mol. The highest BCUT2D eigenvalue weighted by molar-refractivity contribution is 7.83. The fourth-order valence-electron chi connectivity index (χ4n) is 2.37. The topological polar surface area (TPSA) is 88.2 Å². The minimum atomic E-state index is -4.90. The van der Waals surface area contributed by atoms with Gasteiger partial charge in [0.25, 0.3) is 0 Å². The van der Waals surface area contributed by atoms with E-state index >= 15 is 0 Å². The first-order valence-electron chi connectivity index (χ1n) is 8.34. The van der Waals surface area contributed by atoms with Gasteiger partial charge in [-0.1, -0.05) is 11.6 Å². The van der Waals surface area contributed by atoms with Crippen LogP contribution in [0.15, 0.2) is 59.8 Å². The van der Waals surface area contributed by atoms with Gasteiger partial charge in [-0.25, -0.2) is 18.9 Å². The summed E-state index contributed by atoms with van der Waals surface area (Å²) < 4.78 is 56.8. The molecule has 1 unspecified atom stereocenters. The van der Waals surface area contributed by atoms with Gasteiger partial charge < -0.3 is 15.4 Å². The summed E-state index contributed by atoms with van der Waals surface area (Å²) in [6.45, 7) is 0. The molecule has 3 aromatic rings. The van der Waals surface area contributed by atoms with E-state index in [9.17, 15) is 17.4 Å². The fraction of sp³-hybridized carbons (Fsp3) is 0.111. The number of rotatable bonds is 7. The van der Waals surface area contributed by atoms with Gasteiger partial charge in [0.1, 0.15) is 28.9 Å². The molecule has 1 atom stereocenters. The van der Waals surface area contributed by atoms with Crippen LogP contribution >= 0.6 is 11.6 Å². The number of nitrogens with zero attached hydrogens (tertiary/aromatic N) is 2. The predicted octanol–water partition coefficient (Wildman–Crippen LogP) is 4.76. The molecule has 0 aliphatic heterocycles. The van der Waals surface area contributed by atoms with Crippen molar-refractivity contribution >= 4 is 45.6 Å². The first-order valence-corrected chi connectivity index (χ1v) is 9.87. The molecular formula is C18H15ClF3N5O2S. The van der Waals surface area contributed by atoms with Crippen LogP contribution in [0.3, 0.4) is 0 Å². The summed E-state index contributed by atoms with van der Waals surface area (Å²) in [6, 6.07) is 12.0. The zero-order chi connectivity index (χ0) is 21.7. The quantitative estimate of drug-likeness (QED) is 0.474. The number of hydrogen-bond acceptors (Lipinski definition) is 6. The second kappa shape index (κ2) is 9.28. The van der Waals surface area contributed by atoms with Crippen molar-refractivity contribution in [2.75, 3.05) is 17.7 Å². The Morgan fingerprint density at radius 2 is 1.67 bits per heavy atom. The number of alkyl halides is 3. The molecule has 0 aliphatic carbocycles. The lowest BCUT2D eigenvalue weighted by Gasteiger charge is -2.16. The summed E-state index contributed by atoms with van der Waals surface area (Å²) in [6.07, 6.45) is -3.66. The molecule has 3 rings (SSSR count). The Morgan fingerprint density at radius 1 is 1.00 bits per heavy atom. The van der Waals surface area contributed by atoms with Crippen LogP contribution in [0.2, 0.25) is 5.02 Å². The first-order chi connectivity index (χ1) is 14.2. The highest BCUT2D eigenvalue weighted by atomic mass is 35.5. The third-order valence-corrected chi connectivity index (χ3v) is 4.93. The molecule has 1 heterocycles. The second-order valence-corrected chi connectivity index (χ2v) is 7.58. The third kappa shape index (κ3) is 6.05. The fourth-order valence-corrected chi connectivity index (χ4v) is 3.14. The van der Waals surface area contributed by atoms with Gasteiger partial charge >= 0.3 is 6.36 Å². The molecule has 7 nitrogen and oxygen atoms in total. The number of halogens is 4. The van der Waals surface area contributed by atoms with Crippen LogP contribution in [-0.2, 0) is 11.0 Å². The maximum absolute atomic E-state index is 12.8. The van der Waals surface area contributed by atoms with Gasteiger partial charge in [-0.05, 0) is 49.5 Å². The second-order valence-electron chi connectivity index (χ2n) is 5.72. The minimum absolute atomic E-state index is 0.0652. The molecule has 0 saturated carbocycles. The maximum atomic E-state index is 12.8. The molecule has 30 heavy (non-hydrogen) atoms. The van der Waals surface area contributed by atoms with Crippen LogP contribution < -0.4 is 20.1 Å². The van der Waals surface area contributed by atoms with Crippen LogP contribution in [0.25, 0.3) is 0 Å². The van der Waals surface area contributed by atoms with Crippen molar-refractivity contribution in [3.63, 3.8) is 0 Å². The number of nitrogens with one attached hydrogen (secondary N) is 3. The van der Waals surface area contributed by atoms with Gasteiger partial charge in [-0.3, -0.25) is 0 Å². The lowest BCUT2D eigenvalue weighted by atomic mass is 10.3. The molecule has 2 aromatic carbocycles. The molecule has 1 aromatic heterocycles. The lowest BCUT2D eigenvalue weighted by molar-refractivity contribution is -0.274. The van der Waals surface area contributed by atoms with E-state index in [1.54, 1.807) is 24.3 Å². The Bertz CT molecular complexity index is 1050. The van der Waals surface area contributed by atoms with E-state index in [2.05, 4.69) is 30.1 Å². The van der Waals surface area contributed by atoms with E-state index in [-0.39, 0.29) is 16.4 Å². The lowest BCUT2D eigenvalue weighted by Crippen LogP contribution is -2.18. The van der Waals surface area contributed by atoms with Crippen LogP contribution in [0.1, 0.15) is 0 Å². The molecule has 0 bridgehead atoms. The van der Waals surface area contributed by atoms with E-state index < -0.39 is 23.1 Å². The molecule has 0 fully saturated rings. The number of aromatic nitrogens is 2. The predicted molar refractivity (Wildman–Crippen MR) is 109 cm³/mol. The molecule has 0 saturated heterocycles. The van der Waals surface area contributed by atoms with Crippen molar-refractivity contribution in [1.82, 2.24) is 14.7 Å². The van der Waals surface area contributed by atoms with Crippen LogP contribution in [0.4, 0.5) is 36.2 Å². The van der Waals surface area contributed by atoms with Crippen LogP contribution in [-0.4, -0.2) is 27.6 Å². The zero-order valence-electron chi connectivity index (χ0n) is 15.3. The number of benzene rings is 2. The monoisotopic (exact) mass is 457 g/mol. The molecule has 0 radical (unpaired) electrons. The van der Waals surface area contributed by atoms with Crippen molar-refractivity contribution in [2.24, 2.45) is 0 Å². The molecule has 0 amide bonds. The highest BCUT2D eigenvalue weighted by Gasteiger charge is 2.32. The Labute approximate surface area is 177 Å². The highest BCUT2D eigenvalue weighted by Crippen LogP contribution is 2.34. The van der Waals surface area contributed by atoms with Gasteiger partial charge in [-0.2, -0.15) is 0 Å². The SMILES string of the molecule is CNS(=O)c1ccc(OC(F)(F)F)c(Nc2cc(Nc3ccc(Cl)cc3)ncn2)c1. The van der Waals surface area contributed by atoms with Crippen LogP contribution in [0.5, 0.6) is 5.75 Å². The molecule has 0 spiro atoms. The third-order valence-electron chi connectivity index (χ3n) is 3.62. The molecule has 12 heteroatoms. The van der Waals surface area contributed by atoms with Crippen LogP contribution in [0, 0.1) is 0 Å². The first kappa shape index (κ1) is 21.8. The summed E-state index contributed by atoms with van der Waals surface area (Å²) in [5, 5.41) is 6.35. The van der Waals surface area contributed by atoms with E-state index in [0.717, 1.165) is 6.07 Å². The standard InChI is InChI=1S/C18H15ClF3N5O2S/c1-23-30(28)13-6-7-15(29-18(20,21)22)14(8-13)27-17-9-16(24-10-25-17)26-12-4-2-11(19)3-5-12/h2-10,23H,1H3,(H2,24,25,26,27). The summed E-state index contributed by atoms with van der Waals surface area (Å²) >= 11 is 5.85. The largest absolute Gasteiger partial charge is 0.573 e. The van der Waals surface area contributed by atoms with Crippen molar-refractivity contribution in [3.05, 3.63) is 59.9 Å². The normalized spacial score (nSPS) is 12.3. The minimum Gasteiger partial charge on any atom is -0.404 e. The maximum Gasteiger partial charge on any atom is 0.573 e. The Balaban J connectivity index is 1.88. The number of ether oxygens (including phenoxy) is 1.